The first-order chi connectivity index (χ1) is 17.3. The summed E-state index contributed by atoms with van der Waals surface area (Å²) in [4.78, 5) is 17.6. The molecule has 0 aliphatic heterocycles. The van der Waals surface area contributed by atoms with Gasteiger partial charge in [-0.15, -0.1) is 10.2 Å². The average molecular weight is 500 g/mol. The molecular weight excluding hydrogens is 466 g/mol. The van der Waals surface area contributed by atoms with E-state index in [1.54, 1.807) is 12.4 Å². The molecule has 0 saturated carbocycles. The number of hydrogen-bond donors (Lipinski definition) is 1. The number of amides is 1. The molecule has 2 aromatic heterocycles. The van der Waals surface area contributed by atoms with Crippen LogP contribution in [0.3, 0.4) is 0 Å². The second-order valence-corrected chi connectivity index (χ2v) is 10.8. The third-order valence-corrected chi connectivity index (χ3v) is 7.22. The van der Waals surface area contributed by atoms with E-state index < -0.39 is 0 Å². The fraction of sp³-hybridized carbons (Fsp3) is 0.310. The Labute approximate surface area is 217 Å². The number of nitrogens with one attached hydrogen (secondary N) is 1. The van der Waals surface area contributed by atoms with Crippen molar-refractivity contribution in [3.63, 3.8) is 0 Å². The van der Waals surface area contributed by atoms with Crippen LogP contribution in [0.5, 0.6) is 0 Å². The van der Waals surface area contributed by atoms with E-state index in [1.165, 1.54) is 17.3 Å². The van der Waals surface area contributed by atoms with E-state index in [1.807, 2.05) is 54.8 Å². The normalized spacial score (nSPS) is 12.2. The number of nitrogens with zero attached hydrogens (tertiary/aromatic N) is 4. The van der Waals surface area contributed by atoms with Gasteiger partial charge in [0.15, 0.2) is 11.0 Å². The van der Waals surface area contributed by atoms with Crippen molar-refractivity contribution in [1.82, 2.24) is 19.7 Å². The predicted octanol–water partition coefficient (Wildman–Crippen LogP) is 7.00. The molecule has 0 aliphatic rings. The summed E-state index contributed by atoms with van der Waals surface area (Å²) in [5, 5.41) is 12.5. The van der Waals surface area contributed by atoms with Gasteiger partial charge in [-0.05, 0) is 60.6 Å². The van der Waals surface area contributed by atoms with Gasteiger partial charge in [-0.25, -0.2) is 0 Å². The summed E-state index contributed by atoms with van der Waals surface area (Å²) in [6.07, 6.45) is 3.53. The van der Waals surface area contributed by atoms with Crippen LogP contribution in [-0.2, 0) is 4.79 Å². The summed E-state index contributed by atoms with van der Waals surface area (Å²) in [6.45, 7) is 12.5. The lowest BCUT2D eigenvalue weighted by atomic mass is 9.98. The highest BCUT2D eigenvalue weighted by atomic mass is 32.2. The third-order valence-electron chi connectivity index (χ3n) is 6.18. The van der Waals surface area contributed by atoms with Crippen molar-refractivity contribution in [2.45, 2.75) is 63.8 Å². The molecule has 36 heavy (non-hydrogen) atoms. The van der Waals surface area contributed by atoms with E-state index in [4.69, 9.17) is 0 Å². The lowest BCUT2D eigenvalue weighted by molar-refractivity contribution is -0.115. The number of hydrogen-bond acceptors (Lipinski definition) is 5. The van der Waals surface area contributed by atoms with Gasteiger partial charge in [0.1, 0.15) is 0 Å². The maximum Gasteiger partial charge on any atom is 0.237 e. The Balaban J connectivity index is 1.71. The molecule has 1 unspecified atom stereocenters. The number of carbonyl (C=O) groups excluding carboxylic acids is 1. The van der Waals surface area contributed by atoms with Crippen LogP contribution in [0.1, 0.15) is 63.1 Å². The summed E-state index contributed by atoms with van der Waals surface area (Å²) in [6, 6.07) is 18.3. The van der Waals surface area contributed by atoms with Gasteiger partial charge in [-0.1, -0.05) is 75.9 Å². The number of rotatable bonds is 8. The largest absolute Gasteiger partial charge is 0.325 e. The van der Waals surface area contributed by atoms with E-state index in [2.05, 4.69) is 66.4 Å². The minimum absolute atomic E-state index is 0.0641. The van der Waals surface area contributed by atoms with Crippen LogP contribution in [-0.4, -0.2) is 30.9 Å². The van der Waals surface area contributed by atoms with Crippen molar-refractivity contribution in [3.8, 4) is 17.1 Å². The number of carbonyl (C=O) groups is 1. The highest BCUT2D eigenvalue weighted by molar-refractivity contribution is 8.00. The number of aromatic nitrogens is 4. The first-order valence-electron chi connectivity index (χ1n) is 12.3. The molecule has 1 amide bonds. The molecule has 7 heteroatoms. The fourth-order valence-corrected chi connectivity index (χ4v) is 5.06. The standard InChI is InChI=1S/C29H33N5OS/c1-18(2)23-13-7-8-15-25(23)34-27(22-12-10-16-30-17-22)32-33-29(34)36-21(6)28(35)31-26-20(5)11-9-14-24(26)19(3)4/h7-19,21H,1-6H3,(H,31,35). The van der Waals surface area contributed by atoms with E-state index in [0.717, 1.165) is 28.1 Å². The van der Waals surface area contributed by atoms with Crippen molar-refractivity contribution < 1.29 is 4.79 Å². The number of para-hydroxylation sites is 2. The molecular formula is C29H33N5OS. The Morgan fingerprint density at radius 3 is 2.31 bits per heavy atom. The highest BCUT2D eigenvalue weighted by Gasteiger charge is 2.24. The van der Waals surface area contributed by atoms with Gasteiger partial charge in [0.2, 0.25) is 5.91 Å². The van der Waals surface area contributed by atoms with E-state index in [0.29, 0.717) is 22.8 Å². The molecule has 0 saturated heterocycles. The zero-order chi connectivity index (χ0) is 25.8. The van der Waals surface area contributed by atoms with Crippen molar-refractivity contribution >= 4 is 23.4 Å². The van der Waals surface area contributed by atoms with Gasteiger partial charge >= 0.3 is 0 Å². The molecule has 4 aromatic rings. The Kier molecular flexibility index (Phi) is 7.89. The van der Waals surface area contributed by atoms with Crippen molar-refractivity contribution in [2.75, 3.05) is 5.32 Å². The molecule has 6 nitrogen and oxygen atoms in total. The minimum Gasteiger partial charge on any atom is -0.325 e. The molecule has 2 aromatic carbocycles. The third kappa shape index (κ3) is 5.36. The van der Waals surface area contributed by atoms with Gasteiger partial charge in [0.25, 0.3) is 0 Å². The Morgan fingerprint density at radius 1 is 0.889 bits per heavy atom. The molecule has 0 fully saturated rings. The first kappa shape index (κ1) is 25.6. The van der Waals surface area contributed by atoms with Crippen LogP contribution in [0.2, 0.25) is 0 Å². The van der Waals surface area contributed by atoms with Crippen LogP contribution in [0.4, 0.5) is 5.69 Å². The minimum atomic E-state index is -0.388. The molecule has 1 N–H and O–H groups in total. The molecule has 2 heterocycles. The van der Waals surface area contributed by atoms with Crippen LogP contribution < -0.4 is 5.32 Å². The molecule has 4 rings (SSSR count). The van der Waals surface area contributed by atoms with Gasteiger partial charge in [0, 0.05) is 23.6 Å². The average Bonchev–Trinajstić information content (AvgIpc) is 3.28. The number of pyridine rings is 1. The smallest absolute Gasteiger partial charge is 0.237 e. The number of anilines is 1. The van der Waals surface area contributed by atoms with Crippen molar-refractivity contribution in [2.24, 2.45) is 0 Å². The summed E-state index contributed by atoms with van der Waals surface area (Å²) in [5.41, 5.74) is 6.14. The van der Waals surface area contributed by atoms with Gasteiger partial charge in [0.05, 0.1) is 10.9 Å². The zero-order valence-electron chi connectivity index (χ0n) is 21.7. The van der Waals surface area contributed by atoms with Crippen molar-refractivity contribution in [3.05, 3.63) is 83.7 Å². The SMILES string of the molecule is Cc1cccc(C(C)C)c1NC(=O)C(C)Sc1nnc(-c2cccnc2)n1-c1ccccc1C(C)C. The van der Waals surface area contributed by atoms with E-state index in [9.17, 15) is 4.79 Å². The van der Waals surface area contributed by atoms with Crippen LogP contribution in [0.25, 0.3) is 17.1 Å². The lowest BCUT2D eigenvalue weighted by Gasteiger charge is -2.20. The summed E-state index contributed by atoms with van der Waals surface area (Å²) in [5.74, 6) is 1.25. The van der Waals surface area contributed by atoms with Crippen LogP contribution in [0, 0.1) is 6.92 Å². The van der Waals surface area contributed by atoms with Crippen LogP contribution >= 0.6 is 11.8 Å². The predicted molar refractivity (Wildman–Crippen MR) is 148 cm³/mol. The van der Waals surface area contributed by atoms with Crippen LogP contribution in [0.15, 0.2) is 72.1 Å². The number of thioether (sulfide) groups is 1. The van der Waals surface area contributed by atoms with E-state index >= 15 is 0 Å². The second kappa shape index (κ2) is 11.1. The highest BCUT2D eigenvalue weighted by Crippen LogP contribution is 2.34. The first-order valence-corrected chi connectivity index (χ1v) is 13.2. The monoisotopic (exact) mass is 499 g/mol. The van der Waals surface area contributed by atoms with Crippen molar-refractivity contribution in [1.29, 1.82) is 0 Å². The van der Waals surface area contributed by atoms with E-state index in [-0.39, 0.29) is 11.2 Å². The second-order valence-electron chi connectivity index (χ2n) is 9.54. The Bertz CT molecular complexity index is 1350. The molecule has 0 spiro atoms. The van der Waals surface area contributed by atoms with Gasteiger partial charge in [-0.2, -0.15) is 0 Å². The maximum absolute atomic E-state index is 13.3. The molecule has 0 bridgehead atoms. The molecule has 0 radical (unpaired) electrons. The zero-order valence-corrected chi connectivity index (χ0v) is 22.5. The summed E-state index contributed by atoms with van der Waals surface area (Å²) in [7, 11) is 0. The maximum atomic E-state index is 13.3. The molecule has 0 aliphatic carbocycles. The molecule has 186 valence electrons. The molecule has 1 atom stereocenters. The van der Waals surface area contributed by atoms with Gasteiger partial charge < -0.3 is 5.32 Å². The number of aryl methyl sites for hydroxylation is 1. The van der Waals surface area contributed by atoms with Gasteiger partial charge in [-0.3, -0.25) is 14.3 Å². The summed E-state index contributed by atoms with van der Waals surface area (Å²) >= 11 is 1.41. The lowest BCUT2D eigenvalue weighted by Crippen LogP contribution is -2.24. The number of benzene rings is 2. The Morgan fingerprint density at radius 2 is 1.61 bits per heavy atom. The summed E-state index contributed by atoms with van der Waals surface area (Å²) < 4.78 is 2.05. The quantitative estimate of drug-likeness (QED) is 0.264. The fourth-order valence-electron chi connectivity index (χ4n) is 4.20. The Hall–Kier alpha value is -3.45. The topological polar surface area (TPSA) is 72.7 Å².